The number of carbonyl (C=O) groups is 2. The van der Waals surface area contributed by atoms with Crippen molar-refractivity contribution in [3.8, 4) is 5.75 Å². The van der Waals surface area contributed by atoms with Crippen molar-refractivity contribution >= 4 is 11.9 Å². The number of nitrogens with zero attached hydrogens (tertiary/aromatic N) is 3. The number of hydrogen-bond acceptors (Lipinski definition) is 4. The number of aliphatic carboxylic acids is 1. The molecule has 1 aliphatic rings. The molecule has 0 aliphatic carbocycles. The highest BCUT2D eigenvalue weighted by Crippen LogP contribution is 2.28. The maximum absolute atomic E-state index is 13.1. The Morgan fingerprint density at radius 3 is 2.89 bits per heavy atom. The van der Waals surface area contributed by atoms with E-state index in [4.69, 9.17) is 9.84 Å². The van der Waals surface area contributed by atoms with Crippen molar-refractivity contribution in [2.75, 3.05) is 19.7 Å². The van der Waals surface area contributed by atoms with Crippen LogP contribution < -0.4 is 4.74 Å². The monoisotopic (exact) mass is 371 g/mol. The molecule has 1 unspecified atom stereocenters. The Hall–Kier alpha value is -2.83. The van der Waals surface area contributed by atoms with Gasteiger partial charge in [0.1, 0.15) is 12.3 Å². The van der Waals surface area contributed by atoms with E-state index in [9.17, 15) is 9.59 Å². The Kier molecular flexibility index (Phi) is 6.11. The van der Waals surface area contributed by atoms with Gasteiger partial charge in [-0.1, -0.05) is 19.1 Å². The van der Waals surface area contributed by atoms with Crippen molar-refractivity contribution in [1.82, 2.24) is 14.7 Å². The highest BCUT2D eigenvalue weighted by atomic mass is 16.5. The van der Waals surface area contributed by atoms with Gasteiger partial charge in [-0.25, -0.2) is 0 Å². The fourth-order valence-electron chi connectivity index (χ4n) is 3.38. The molecule has 1 aromatic carbocycles. The number of benzene rings is 1. The quantitative estimate of drug-likeness (QED) is 0.809. The number of aromatic nitrogens is 2. The smallest absolute Gasteiger partial charge is 0.325 e. The van der Waals surface area contributed by atoms with Crippen molar-refractivity contribution in [3.63, 3.8) is 0 Å². The summed E-state index contributed by atoms with van der Waals surface area (Å²) in [6.45, 7) is 3.73. The molecule has 0 bridgehead atoms. The van der Waals surface area contributed by atoms with Gasteiger partial charge < -0.3 is 14.7 Å². The van der Waals surface area contributed by atoms with Crippen molar-refractivity contribution in [1.29, 1.82) is 0 Å². The third-order valence-corrected chi connectivity index (χ3v) is 4.66. The maximum atomic E-state index is 13.1. The molecule has 1 aromatic heterocycles. The van der Waals surface area contributed by atoms with Crippen LogP contribution in [0.4, 0.5) is 0 Å². The first kappa shape index (κ1) is 18.9. The number of amides is 1. The molecular formula is C20H25N3O4. The van der Waals surface area contributed by atoms with Crippen LogP contribution in [0.15, 0.2) is 36.5 Å². The minimum Gasteiger partial charge on any atom is -0.493 e. The average Bonchev–Trinajstić information content (AvgIpc) is 3.14. The molecule has 1 N–H and O–H groups in total. The molecule has 144 valence electrons. The predicted octanol–water partition coefficient (Wildman–Crippen LogP) is 2.78. The van der Waals surface area contributed by atoms with E-state index < -0.39 is 5.97 Å². The molecule has 1 amide bonds. The fraction of sp³-hybridized carbons (Fsp3) is 0.450. The second kappa shape index (κ2) is 8.70. The summed E-state index contributed by atoms with van der Waals surface area (Å²) in [6.07, 6.45) is 4.38. The Bertz CT molecular complexity index is 802. The van der Waals surface area contributed by atoms with E-state index in [1.54, 1.807) is 12.3 Å². The first-order valence-corrected chi connectivity index (χ1v) is 9.34. The Morgan fingerprint density at radius 2 is 2.11 bits per heavy atom. The number of rotatable bonds is 7. The standard InChI is InChI=1S/C20H25N3O4/c1-2-12-27-18-8-4-3-7-16(18)20(26)22-10-5-6-15(13-22)17-9-11-23(21-17)14-19(24)25/h3-4,7-9,11,15H,2,5-6,10,12-14H2,1H3,(H,24,25). The molecule has 0 saturated carbocycles. The third kappa shape index (κ3) is 4.67. The lowest BCUT2D eigenvalue weighted by atomic mass is 9.94. The maximum Gasteiger partial charge on any atom is 0.325 e. The zero-order valence-corrected chi connectivity index (χ0v) is 15.5. The van der Waals surface area contributed by atoms with Gasteiger partial charge in [0.25, 0.3) is 5.91 Å². The summed E-state index contributed by atoms with van der Waals surface area (Å²) >= 11 is 0. The second-order valence-corrected chi connectivity index (χ2v) is 6.77. The first-order valence-electron chi connectivity index (χ1n) is 9.34. The SMILES string of the molecule is CCCOc1ccccc1C(=O)N1CCCC(c2ccn(CC(=O)O)n2)C1. The summed E-state index contributed by atoms with van der Waals surface area (Å²) in [6, 6.07) is 9.20. The zero-order valence-electron chi connectivity index (χ0n) is 15.5. The van der Waals surface area contributed by atoms with E-state index >= 15 is 0 Å². The van der Waals surface area contributed by atoms with Gasteiger partial charge in [-0.05, 0) is 37.5 Å². The highest BCUT2D eigenvalue weighted by molar-refractivity contribution is 5.97. The molecule has 0 spiro atoms. The van der Waals surface area contributed by atoms with Gasteiger partial charge in [0.15, 0.2) is 0 Å². The summed E-state index contributed by atoms with van der Waals surface area (Å²) < 4.78 is 7.15. The molecule has 0 radical (unpaired) electrons. The largest absolute Gasteiger partial charge is 0.493 e. The minimum absolute atomic E-state index is 0.0311. The van der Waals surface area contributed by atoms with Crippen LogP contribution in [0.2, 0.25) is 0 Å². The van der Waals surface area contributed by atoms with Crippen molar-refractivity contribution in [2.45, 2.75) is 38.6 Å². The topological polar surface area (TPSA) is 84.7 Å². The molecule has 1 aliphatic heterocycles. The number of carboxylic acid groups (broad SMARTS) is 1. The third-order valence-electron chi connectivity index (χ3n) is 4.66. The van der Waals surface area contributed by atoms with Crippen molar-refractivity contribution in [3.05, 3.63) is 47.8 Å². The molecule has 1 atom stereocenters. The van der Waals surface area contributed by atoms with Gasteiger partial charge in [-0.15, -0.1) is 0 Å². The van der Waals surface area contributed by atoms with Gasteiger partial charge in [0.2, 0.25) is 0 Å². The Balaban J connectivity index is 1.71. The molecular weight excluding hydrogens is 346 g/mol. The summed E-state index contributed by atoms with van der Waals surface area (Å²) in [5, 5.41) is 13.3. The molecule has 7 nitrogen and oxygen atoms in total. The first-order chi connectivity index (χ1) is 13.1. The molecule has 7 heteroatoms. The second-order valence-electron chi connectivity index (χ2n) is 6.77. The number of likely N-dealkylation sites (tertiary alicyclic amines) is 1. The van der Waals surface area contributed by atoms with Crippen LogP contribution in [0, 0.1) is 0 Å². The number of carboxylic acids is 1. The molecule has 1 saturated heterocycles. The summed E-state index contributed by atoms with van der Waals surface area (Å²) in [5.74, 6) is -0.219. The predicted molar refractivity (Wildman–Crippen MR) is 100.0 cm³/mol. The number of ether oxygens (including phenoxy) is 1. The van der Waals surface area contributed by atoms with E-state index in [1.807, 2.05) is 36.1 Å². The number of carbonyl (C=O) groups excluding carboxylic acids is 1. The Labute approximate surface area is 158 Å². The van der Waals surface area contributed by atoms with Gasteiger partial charge in [0.05, 0.1) is 17.9 Å². The van der Waals surface area contributed by atoms with Crippen LogP contribution in [0.1, 0.15) is 48.2 Å². The zero-order chi connectivity index (χ0) is 19.2. The molecule has 3 rings (SSSR count). The van der Waals surface area contributed by atoms with Crippen LogP contribution in [0.25, 0.3) is 0 Å². The summed E-state index contributed by atoms with van der Waals surface area (Å²) in [7, 11) is 0. The van der Waals surface area contributed by atoms with E-state index in [0.29, 0.717) is 31.0 Å². The molecule has 2 aromatic rings. The lowest BCUT2D eigenvalue weighted by Gasteiger charge is -2.32. The van der Waals surface area contributed by atoms with Crippen LogP contribution in [-0.2, 0) is 11.3 Å². The van der Waals surface area contributed by atoms with Crippen LogP contribution in [0.5, 0.6) is 5.75 Å². The van der Waals surface area contributed by atoms with Gasteiger partial charge >= 0.3 is 5.97 Å². The summed E-state index contributed by atoms with van der Waals surface area (Å²) in [4.78, 5) is 25.7. The van der Waals surface area contributed by atoms with E-state index in [-0.39, 0.29) is 18.4 Å². The normalized spacial score (nSPS) is 16.9. The fourth-order valence-corrected chi connectivity index (χ4v) is 3.38. The van der Waals surface area contributed by atoms with Gasteiger partial charge in [0, 0.05) is 25.2 Å². The number of para-hydroxylation sites is 1. The minimum atomic E-state index is -0.922. The van der Waals surface area contributed by atoms with Gasteiger partial charge in [-0.3, -0.25) is 14.3 Å². The highest BCUT2D eigenvalue weighted by Gasteiger charge is 2.28. The Morgan fingerprint density at radius 1 is 1.30 bits per heavy atom. The van der Waals surface area contributed by atoms with Crippen LogP contribution in [-0.4, -0.2) is 51.4 Å². The van der Waals surface area contributed by atoms with Crippen LogP contribution >= 0.6 is 0 Å². The van der Waals surface area contributed by atoms with E-state index in [1.165, 1.54) is 4.68 Å². The van der Waals surface area contributed by atoms with Crippen molar-refractivity contribution < 1.29 is 19.4 Å². The summed E-state index contributed by atoms with van der Waals surface area (Å²) in [5.41, 5.74) is 1.42. The van der Waals surface area contributed by atoms with Crippen LogP contribution in [0.3, 0.4) is 0 Å². The lowest BCUT2D eigenvalue weighted by molar-refractivity contribution is -0.137. The molecule has 1 fully saturated rings. The van der Waals surface area contributed by atoms with Gasteiger partial charge in [-0.2, -0.15) is 5.10 Å². The lowest BCUT2D eigenvalue weighted by Crippen LogP contribution is -2.39. The molecule has 27 heavy (non-hydrogen) atoms. The average molecular weight is 371 g/mol. The van der Waals surface area contributed by atoms with E-state index in [0.717, 1.165) is 25.0 Å². The number of piperidine rings is 1. The van der Waals surface area contributed by atoms with Crippen molar-refractivity contribution in [2.24, 2.45) is 0 Å². The molecule has 2 heterocycles. The van der Waals surface area contributed by atoms with E-state index in [2.05, 4.69) is 5.10 Å². The number of hydrogen-bond donors (Lipinski definition) is 1.